The number of phenols is 1. The molecular formula is C22H14O. The second-order valence-corrected chi connectivity index (χ2v) is 6.13. The van der Waals surface area contributed by atoms with Crippen molar-refractivity contribution < 1.29 is 5.11 Å². The van der Waals surface area contributed by atoms with E-state index in [1.807, 2.05) is 12.1 Å². The van der Waals surface area contributed by atoms with Crippen LogP contribution in [0.25, 0.3) is 43.1 Å². The molecule has 5 aromatic rings. The van der Waals surface area contributed by atoms with Gasteiger partial charge in [-0.2, -0.15) is 0 Å². The van der Waals surface area contributed by atoms with E-state index < -0.39 is 0 Å². The highest BCUT2D eigenvalue weighted by atomic mass is 16.3. The Labute approximate surface area is 133 Å². The molecule has 0 aliphatic heterocycles. The maximum absolute atomic E-state index is 9.69. The largest absolute Gasteiger partial charge is 0.508 e. The first-order chi connectivity index (χ1) is 11.3. The van der Waals surface area contributed by atoms with Crippen LogP contribution in [0.15, 0.2) is 78.9 Å². The van der Waals surface area contributed by atoms with Crippen LogP contribution in [0.2, 0.25) is 0 Å². The summed E-state index contributed by atoms with van der Waals surface area (Å²) in [6.07, 6.45) is 0. The van der Waals surface area contributed by atoms with Crippen LogP contribution >= 0.6 is 0 Å². The number of hydrogen-bond donors (Lipinski definition) is 1. The van der Waals surface area contributed by atoms with Crippen molar-refractivity contribution in [2.45, 2.75) is 0 Å². The number of fused-ring (bicyclic) bond motifs is 4. The quantitative estimate of drug-likeness (QED) is 0.347. The van der Waals surface area contributed by atoms with Gasteiger partial charge in [0.25, 0.3) is 0 Å². The highest BCUT2D eigenvalue weighted by Crippen LogP contribution is 2.31. The Morgan fingerprint density at radius 3 is 1.30 bits per heavy atom. The van der Waals surface area contributed by atoms with Crippen LogP contribution in [0.4, 0.5) is 0 Å². The molecule has 1 N–H and O–H groups in total. The zero-order chi connectivity index (χ0) is 15.4. The molecule has 1 heteroatoms. The molecule has 0 radical (unpaired) electrons. The van der Waals surface area contributed by atoms with Crippen LogP contribution in [0.3, 0.4) is 0 Å². The van der Waals surface area contributed by atoms with E-state index in [9.17, 15) is 5.11 Å². The van der Waals surface area contributed by atoms with E-state index in [4.69, 9.17) is 0 Å². The normalized spacial score (nSPS) is 11.7. The average Bonchev–Trinajstić information content (AvgIpc) is 2.56. The van der Waals surface area contributed by atoms with E-state index in [0.29, 0.717) is 5.75 Å². The van der Waals surface area contributed by atoms with Gasteiger partial charge in [-0.1, -0.05) is 30.3 Å². The van der Waals surface area contributed by atoms with Gasteiger partial charge in [0.15, 0.2) is 0 Å². The van der Waals surface area contributed by atoms with Gasteiger partial charge in [0.2, 0.25) is 0 Å². The van der Waals surface area contributed by atoms with Crippen LogP contribution in [-0.2, 0) is 0 Å². The SMILES string of the molecule is Oc1ccc2cc3cc4cc5ccccc5cc4cc3cc2c1. The van der Waals surface area contributed by atoms with Gasteiger partial charge in [-0.15, -0.1) is 0 Å². The molecule has 108 valence electrons. The second-order valence-electron chi connectivity index (χ2n) is 6.13. The fourth-order valence-corrected chi connectivity index (χ4v) is 3.43. The summed E-state index contributed by atoms with van der Waals surface area (Å²) in [7, 11) is 0. The summed E-state index contributed by atoms with van der Waals surface area (Å²) in [6.45, 7) is 0. The predicted octanol–water partition coefficient (Wildman–Crippen LogP) is 6.01. The first kappa shape index (κ1) is 12.5. The number of rotatable bonds is 0. The smallest absolute Gasteiger partial charge is 0.116 e. The van der Waals surface area contributed by atoms with E-state index in [2.05, 4.69) is 60.7 Å². The third kappa shape index (κ3) is 1.94. The lowest BCUT2D eigenvalue weighted by molar-refractivity contribution is 0.476. The third-order valence-corrected chi connectivity index (χ3v) is 4.60. The van der Waals surface area contributed by atoms with Crippen molar-refractivity contribution in [1.29, 1.82) is 0 Å². The zero-order valence-electron chi connectivity index (χ0n) is 12.5. The van der Waals surface area contributed by atoms with Crippen molar-refractivity contribution in [2.24, 2.45) is 0 Å². The molecule has 0 saturated heterocycles. The molecule has 23 heavy (non-hydrogen) atoms. The van der Waals surface area contributed by atoms with Crippen molar-refractivity contribution in [3.8, 4) is 5.75 Å². The molecule has 0 bridgehead atoms. The minimum absolute atomic E-state index is 0.309. The van der Waals surface area contributed by atoms with Crippen LogP contribution < -0.4 is 0 Å². The Balaban J connectivity index is 1.90. The van der Waals surface area contributed by atoms with E-state index in [1.54, 1.807) is 6.07 Å². The maximum Gasteiger partial charge on any atom is 0.116 e. The molecule has 0 unspecified atom stereocenters. The minimum Gasteiger partial charge on any atom is -0.508 e. The Kier molecular flexibility index (Phi) is 2.42. The predicted molar refractivity (Wildman–Crippen MR) is 98.1 cm³/mol. The highest BCUT2D eigenvalue weighted by Gasteiger charge is 2.03. The monoisotopic (exact) mass is 294 g/mol. The lowest BCUT2D eigenvalue weighted by Gasteiger charge is -2.07. The fourth-order valence-electron chi connectivity index (χ4n) is 3.43. The van der Waals surface area contributed by atoms with Crippen LogP contribution in [0.1, 0.15) is 0 Å². The van der Waals surface area contributed by atoms with Crippen LogP contribution in [0, 0.1) is 0 Å². The van der Waals surface area contributed by atoms with Gasteiger partial charge < -0.3 is 5.11 Å². The van der Waals surface area contributed by atoms with Crippen molar-refractivity contribution in [1.82, 2.24) is 0 Å². The first-order valence-electron chi connectivity index (χ1n) is 7.75. The summed E-state index contributed by atoms with van der Waals surface area (Å²) < 4.78 is 0. The molecule has 0 spiro atoms. The standard InChI is InChI=1S/C22H14O/c23-22-6-5-16-9-19-10-17-7-14-3-1-2-4-15(14)8-18(17)11-20(19)12-21(16)13-22/h1-13,23H. The number of aromatic hydroxyl groups is 1. The van der Waals surface area contributed by atoms with Crippen molar-refractivity contribution in [2.75, 3.05) is 0 Å². The van der Waals surface area contributed by atoms with Gasteiger partial charge in [-0.3, -0.25) is 0 Å². The topological polar surface area (TPSA) is 20.2 Å². The molecule has 0 fully saturated rings. The molecule has 5 aromatic carbocycles. The lowest BCUT2D eigenvalue weighted by atomic mass is 9.97. The van der Waals surface area contributed by atoms with Crippen molar-refractivity contribution in [3.63, 3.8) is 0 Å². The minimum atomic E-state index is 0.309. The van der Waals surface area contributed by atoms with E-state index in [-0.39, 0.29) is 0 Å². The van der Waals surface area contributed by atoms with Crippen molar-refractivity contribution >= 4 is 43.1 Å². The molecule has 0 heterocycles. The molecule has 5 rings (SSSR count). The van der Waals surface area contributed by atoms with Gasteiger partial charge in [0.05, 0.1) is 0 Å². The summed E-state index contributed by atoms with van der Waals surface area (Å²) in [4.78, 5) is 0. The Hall–Kier alpha value is -3.06. The number of benzene rings is 5. The maximum atomic E-state index is 9.69. The van der Waals surface area contributed by atoms with Gasteiger partial charge in [-0.05, 0) is 91.6 Å². The fraction of sp³-hybridized carbons (Fsp3) is 0. The molecule has 0 aromatic heterocycles. The van der Waals surface area contributed by atoms with Gasteiger partial charge in [-0.25, -0.2) is 0 Å². The van der Waals surface area contributed by atoms with Crippen molar-refractivity contribution in [3.05, 3.63) is 78.9 Å². The highest BCUT2D eigenvalue weighted by molar-refractivity contribution is 6.08. The van der Waals surface area contributed by atoms with Gasteiger partial charge >= 0.3 is 0 Å². The average molecular weight is 294 g/mol. The summed E-state index contributed by atoms with van der Waals surface area (Å²) >= 11 is 0. The molecule has 0 aliphatic carbocycles. The summed E-state index contributed by atoms with van der Waals surface area (Å²) in [6, 6.07) is 27.3. The summed E-state index contributed by atoms with van der Waals surface area (Å²) in [5.74, 6) is 0.309. The summed E-state index contributed by atoms with van der Waals surface area (Å²) in [5, 5.41) is 19.4. The molecular weight excluding hydrogens is 280 g/mol. The Morgan fingerprint density at radius 2 is 0.783 bits per heavy atom. The van der Waals surface area contributed by atoms with Crippen LogP contribution in [-0.4, -0.2) is 5.11 Å². The van der Waals surface area contributed by atoms with Gasteiger partial charge in [0.1, 0.15) is 5.75 Å². The molecule has 1 nitrogen and oxygen atoms in total. The molecule has 0 amide bonds. The van der Waals surface area contributed by atoms with Crippen LogP contribution in [0.5, 0.6) is 5.75 Å². The molecule has 0 atom stereocenters. The first-order valence-corrected chi connectivity index (χ1v) is 7.75. The number of phenolic OH excluding ortho intramolecular Hbond substituents is 1. The zero-order valence-corrected chi connectivity index (χ0v) is 12.5. The lowest BCUT2D eigenvalue weighted by Crippen LogP contribution is -1.80. The summed E-state index contributed by atoms with van der Waals surface area (Å²) in [5.41, 5.74) is 0. The van der Waals surface area contributed by atoms with E-state index in [1.165, 1.54) is 32.3 Å². The Morgan fingerprint density at radius 1 is 0.391 bits per heavy atom. The van der Waals surface area contributed by atoms with Gasteiger partial charge in [0, 0.05) is 0 Å². The molecule has 0 aliphatic rings. The van der Waals surface area contributed by atoms with E-state index >= 15 is 0 Å². The number of hydrogen-bond acceptors (Lipinski definition) is 1. The third-order valence-electron chi connectivity index (χ3n) is 4.60. The molecule has 0 saturated carbocycles. The Bertz CT molecular complexity index is 1220. The van der Waals surface area contributed by atoms with E-state index in [0.717, 1.165) is 10.8 Å². The second kappa shape index (κ2) is 4.47.